The molecule has 1 N–H and O–H groups in total. The molecule has 0 bridgehead atoms. The number of hydrogen-bond acceptors (Lipinski definition) is 3. The summed E-state index contributed by atoms with van der Waals surface area (Å²) < 4.78 is 0. The Morgan fingerprint density at radius 1 is 1.00 bits per heavy atom. The first-order valence-electron chi connectivity index (χ1n) is 7.93. The molecule has 0 unspecified atom stereocenters. The van der Waals surface area contributed by atoms with Gasteiger partial charge in [0.1, 0.15) is 0 Å². The van der Waals surface area contributed by atoms with Crippen LogP contribution in [-0.2, 0) is 0 Å². The van der Waals surface area contributed by atoms with Crippen molar-refractivity contribution in [2.75, 3.05) is 5.32 Å². The van der Waals surface area contributed by atoms with Gasteiger partial charge in [-0.05, 0) is 42.5 Å². The van der Waals surface area contributed by atoms with Crippen LogP contribution in [0.3, 0.4) is 0 Å². The van der Waals surface area contributed by atoms with Crippen LogP contribution in [-0.4, -0.2) is 4.98 Å². The van der Waals surface area contributed by atoms with Gasteiger partial charge in [0.15, 0.2) is 5.13 Å². The fraction of sp³-hybridized carbons (Fsp3) is 0.250. The van der Waals surface area contributed by atoms with E-state index in [2.05, 4.69) is 80.9 Å². The molecule has 2 aromatic carbocycles. The van der Waals surface area contributed by atoms with E-state index in [1.165, 1.54) is 22.3 Å². The van der Waals surface area contributed by atoms with Crippen molar-refractivity contribution in [3.8, 4) is 11.3 Å². The lowest BCUT2D eigenvalue weighted by atomic mass is 10.0. The second kappa shape index (κ2) is 6.55. The van der Waals surface area contributed by atoms with Crippen molar-refractivity contribution in [3.05, 3.63) is 64.5 Å². The van der Waals surface area contributed by atoms with Gasteiger partial charge in [0.25, 0.3) is 0 Å². The van der Waals surface area contributed by atoms with E-state index in [9.17, 15) is 0 Å². The molecule has 2 nitrogen and oxygen atoms in total. The zero-order chi connectivity index (χ0) is 16.4. The molecule has 23 heavy (non-hydrogen) atoms. The van der Waals surface area contributed by atoms with Gasteiger partial charge in [-0.25, -0.2) is 4.98 Å². The molecule has 0 amide bonds. The summed E-state index contributed by atoms with van der Waals surface area (Å²) in [5, 5.41) is 6.48. The second-order valence-electron chi connectivity index (χ2n) is 6.26. The minimum atomic E-state index is 0.556. The highest BCUT2D eigenvalue weighted by atomic mass is 32.1. The van der Waals surface area contributed by atoms with Gasteiger partial charge >= 0.3 is 0 Å². The summed E-state index contributed by atoms with van der Waals surface area (Å²) in [6.07, 6.45) is 0. The first-order chi connectivity index (χ1) is 11.0. The molecule has 0 aliphatic carbocycles. The van der Waals surface area contributed by atoms with Crippen molar-refractivity contribution in [3.63, 3.8) is 0 Å². The Balaban J connectivity index is 1.81. The van der Waals surface area contributed by atoms with Crippen molar-refractivity contribution in [1.29, 1.82) is 0 Å². The number of aryl methyl sites for hydroxylation is 2. The van der Waals surface area contributed by atoms with E-state index >= 15 is 0 Å². The molecule has 0 saturated carbocycles. The van der Waals surface area contributed by atoms with E-state index in [-0.39, 0.29) is 0 Å². The third-order valence-electron chi connectivity index (χ3n) is 4.01. The van der Waals surface area contributed by atoms with Crippen LogP contribution >= 0.6 is 11.3 Å². The lowest BCUT2D eigenvalue weighted by molar-refractivity contribution is 0.867. The monoisotopic (exact) mass is 322 g/mol. The topological polar surface area (TPSA) is 24.9 Å². The Morgan fingerprint density at radius 3 is 2.43 bits per heavy atom. The van der Waals surface area contributed by atoms with Gasteiger partial charge in [-0.1, -0.05) is 50.2 Å². The van der Waals surface area contributed by atoms with Gasteiger partial charge in [-0.15, -0.1) is 11.3 Å². The molecule has 0 fully saturated rings. The fourth-order valence-electron chi connectivity index (χ4n) is 2.49. The van der Waals surface area contributed by atoms with E-state index in [0.29, 0.717) is 5.92 Å². The van der Waals surface area contributed by atoms with Crippen molar-refractivity contribution in [1.82, 2.24) is 4.98 Å². The van der Waals surface area contributed by atoms with Crippen LogP contribution in [0.15, 0.2) is 47.8 Å². The SMILES string of the molecule is Cc1ccc(C)c(Nc2nc(-c3ccc(C(C)C)cc3)cs2)c1. The third kappa shape index (κ3) is 3.62. The lowest BCUT2D eigenvalue weighted by Gasteiger charge is -2.07. The van der Waals surface area contributed by atoms with E-state index in [1.807, 2.05) is 0 Å². The zero-order valence-electron chi connectivity index (χ0n) is 14.1. The molecule has 1 heterocycles. The van der Waals surface area contributed by atoms with Crippen LogP contribution in [0, 0.1) is 13.8 Å². The summed E-state index contributed by atoms with van der Waals surface area (Å²) in [7, 11) is 0. The highest BCUT2D eigenvalue weighted by molar-refractivity contribution is 7.14. The van der Waals surface area contributed by atoms with E-state index in [0.717, 1.165) is 16.5 Å². The van der Waals surface area contributed by atoms with Gasteiger partial charge in [0.05, 0.1) is 5.69 Å². The maximum absolute atomic E-state index is 4.73. The van der Waals surface area contributed by atoms with Crippen molar-refractivity contribution >= 4 is 22.2 Å². The number of rotatable bonds is 4. The maximum atomic E-state index is 4.73. The molecule has 0 saturated heterocycles. The molecule has 3 heteroatoms. The average Bonchev–Trinajstić information content (AvgIpc) is 2.99. The van der Waals surface area contributed by atoms with Gasteiger partial charge in [-0.2, -0.15) is 0 Å². The predicted molar refractivity (Wildman–Crippen MR) is 101 cm³/mol. The number of thiazole rings is 1. The fourth-order valence-corrected chi connectivity index (χ4v) is 3.22. The smallest absolute Gasteiger partial charge is 0.187 e. The second-order valence-corrected chi connectivity index (χ2v) is 7.12. The number of benzene rings is 2. The van der Waals surface area contributed by atoms with E-state index in [4.69, 9.17) is 4.98 Å². The molecule has 0 atom stereocenters. The molecular weight excluding hydrogens is 300 g/mol. The van der Waals surface area contributed by atoms with Crippen LogP contribution in [0.1, 0.15) is 36.5 Å². The summed E-state index contributed by atoms with van der Waals surface area (Å²) >= 11 is 1.64. The number of hydrogen-bond donors (Lipinski definition) is 1. The summed E-state index contributed by atoms with van der Waals surface area (Å²) in [5.41, 5.74) is 7.16. The lowest BCUT2D eigenvalue weighted by Crippen LogP contribution is -1.93. The minimum Gasteiger partial charge on any atom is -0.331 e. The molecule has 118 valence electrons. The maximum Gasteiger partial charge on any atom is 0.187 e. The highest BCUT2D eigenvalue weighted by Gasteiger charge is 2.07. The van der Waals surface area contributed by atoms with Crippen molar-refractivity contribution in [2.24, 2.45) is 0 Å². The Hall–Kier alpha value is -2.13. The largest absolute Gasteiger partial charge is 0.331 e. The Morgan fingerprint density at radius 2 is 1.74 bits per heavy atom. The molecule has 0 spiro atoms. The standard InChI is InChI=1S/C20H22N2S/c1-13(2)16-7-9-17(10-8-16)19-12-23-20(22-19)21-18-11-14(3)5-6-15(18)4/h5-13H,1-4H3,(H,21,22). The highest BCUT2D eigenvalue weighted by Crippen LogP contribution is 2.29. The normalized spacial score (nSPS) is 11.0. The summed E-state index contributed by atoms with van der Waals surface area (Å²) in [4.78, 5) is 4.73. The molecule has 0 aliphatic heterocycles. The van der Waals surface area contributed by atoms with Gasteiger partial charge in [-0.3, -0.25) is 0 Å². The summed E-state index contributed by atoms with van der Waals surface area (Å²) in [6.45, 7) is 8.64. The molecule has 0 radical (unpaired) electrons. The minimum absolute atomic E-state index is 0.556. The molecule has 1 aromatic heterocycles. The predicted octanol–water partition coefficient (Wildman–Crippen LogP) is 6.29. The molecule has 0 aliphatic rings. The van der Waals surface area contributed by atoms with Crippen LogP contribution in [0.5, 0.6) is 0 Å². The first-order valence-corrected chi connectivity index (χ1v) is 8.81. The summed E-state index contributed by atoms with van der Waals surface area (Å²) in [6, 6.07) is 15.1. The van der Waals surface area contributed by atoms with Gasteiger partial charge in [0, 0.05) is 16.6 Å². The molecular formula is C20H22N2S. The Kier molecular flexibility index (Phi) is 4.49. The molecule has 3 aromatic rings. The van der Waals surface area contributed by atoms with Gasteiger partial charge in [0.2, 0.25) is 0 Å². The van der Waals surface area contributed by atoms with Crippen LogP contribution in [0.2, 0.25) is 0 Å². The number of anilines is 2. The summed E-state index contributed by atoms with van der Waals surface area (Å²) in [5.74, 6) is 0.556. The number of aromatic nitrogens is 1. The number of nitrogens with one attached hydrogen (secondary N) is 1. The quantitative estimate of drug-likeness (QED) is 0.610. The van der Waals surface area contributed by atoms with Crippen molar-refractivity contribution in [2.45, 2.75) is 33.6 Å². The third-order valence-corrected chi connectivity index (χ3v) is 4.77. The van der Waals surface area contributed by atoms with Crippen molar-refractivity contribution < 1.29 is 0 Å². The van der Waals surface area contributed by atoms with Crippen LogP contribution in [0.4, 0.5) is 10.8 Å². The Bertz CT molecular complexity index is 801. The van der Waals surface area contributed by atoms with Crippen LogP contribution < -0.4 is 5.32 Å². The van der Waals surface area contributed by atoms with E-state index in [1.54, 1.807) is 11.3 Å². The van der Waals surface area contributed by atoms with E-state index < -0.39 is 0 Å². The zero-order valence-corrected chi connectivity index (χ0v) is 14.9. The average molecular weight is 322 g/mol. The van der Waals surface area contributed by atoms with Gasteiger partial charge < -0.3 is 5.32 Å². The number of nitrogens with zero attached hydrogens (tertiary/aromatic N) is 1. The van der Waals surface area contributed by atoms with Crippen LogP contribution in [0.25, 0.3) is 11.3 Å². The first kappa shape index (κ1) is 15.8. The molecule has 3 rings (SSSR count). The Labute approximate surface area is 142 Å².